The number of thiophene rings is 1. The molecule has 0 atom stereocenters. The third-order valence-electron chi connectivity index (χ3n) is 2.36. The van der Waals surface area contributed by atoms with Gasteiger partial charge in [-0.25, -0.2) is 4.79 Å². The average molecular weight is 277 g/mol. The molecule has 0 saturated carbocycles. The van der Waals surface area contributed by atoms with Crippen LogP contribution in [0.15, 0.2) is 30.3 Å². The van der Waals surface area contributed by atoms with E-state index in [2.05, 4.69) is 5.32 Å². The topological polar surface area (TPSA) is 118 Å². The van der Waals surface area contributed by atoms with Crippen LogP contribution in [0.4, 0.5) is 9.80 Å². The van der Waals surface area contributed by atoms with E-state index in [9.17, 15) is 14.7 Å². The Kier molecular flexibility index (Phi) is 3.39. The van der Waals surface area contributed by atoms with Crippen molar-refractivity contribution in [2.45, 2.75) is 0 Å². The molecule has 0 radical (unpaired) electrons. The molecule has 6 N–H and O–H groups in total. The monoisotopic (exact) mass is 277 g/mol. The number of amides is 3. The minimum absolute atomic E-state index is 0.107. The molecule has 0 bridgehead atoms. The normalized spacial score (nSPS) is 10.1. The minimum atomic E-state index is -0.771. The fraction of sp³-hybridized carbons (Fsp3) is 0. The maximum absolute atomic E-state index is 11.3. The molecule has 0 fully saturated rings. The van der Waals surface area contributed by atoms with Gasteiger partial charge in [-0.05, 0) is 23.8 Å². The number of primary amides is 2. The predicted octanol–water partition coefficient (Wildman–Crippen LogP) is 1.71. The molecule has 1 heterocycles. The molecule has 6 nitrogen and oxygen atoms in total. The van der Waals surface area contributed by atoms with Gasteiger partial charge < -0.3 is 16.6 Å². The standard InChI is InChI=1S/C12H11N3O3S/c13-10(17)8-5-9(19-11(8)15-12(14)18)6-2-1-3-7(16)4-6/h1-5,16H,(H2,13,17)(H3,14,15,18). The largest absolute Gasteiger partial charge is 0.508 e. The van der Waals surface area contributed by atoms with Crippen LogP contribution in [0, 0.1) is 0 Å². The van der Waals surface area contributed by atoms with Gasteiger partial charge in [0.05, 0.1) is 5.56 Å². The summed E-state index contributed by atoms with van der Waals surface area (Å²) >= 11 is 1.15. The van der Waals surface area contributed by atoms with E-state index in [1.807, 2.05) is 0 Å². The number of nitrogens with one attached hydrogen (secondary N) is 1. The lowest BCUT2D eigenvalue weighted by Gasteiger charge is -1.99. The molecule has 19 heavy (non-hydrogen) atoms. The van der Waals surface area contributed by atoms with E-state index in [1.165, 1.54) is 6.07 Å². The highest BCUT2D eigenvalue weighted by atomic mass is 32.1. The molecule has 0 spiro atoms. The van der Waals surface area contributed by atoms with E-state index < -0.39 is 11.9 Å². The van der Waals surface area contributed by atoms with E-state index >= 15 is 0 Å². The van der Waals surface area contributed by atoms with Gasteiger partial charge in [0.1, 0.15) is 10.8 Å². The molecule has 0 saturated heterocycles. The highest BCUT2D eigenvalue weighted by Crippen LogP contribution is 2.36. The summed E-state index contributed by atoms with van der Waals surface area (Å²) in [6, 6.07) is 7.30. The number of anilines is 1. The number of rotatable bonds is 3. The third kappa shape index (κ3) is 2.83. The van der Waals surface area contributed by atoms with Gasteiger partial charge in [-0.15, -0.1) is 11.3 Å². The number of urea groups is 1. The summed E-state index contributed by atoms with van der Waals surface area (Å²) in [6.45, 7) is 0. The molecule has 1 aromatic carbocycles. The summed E-state index contributed by atoms with van der Waals surface area (Å²) in [7, 11) is 0. The van der Waals surface area contributed by atoms with Crippen molar-refractivity contribution in [2.75, 3.05) is 5.32 Å². The van der Waals surface area contributed by atoms with Crippen molar-refractivity contribution in [3.8, 4) is 16.2 Å². The number of aromatic hydroxyl groups is 1. The number of phenolic OH excluding ortho intramolecular Hbond substituents is 1. The Morgan fingerprint density at radius 1 is 1.21 bits per heavy atom. The highest BCUT2D eigenvalue weighted by molar-refractivity contribution is 7.20. The molecule has 0 unspecified atom stereocenters. The smallest absolute Gasteiger partial charge is 0.317 e. The summed E-state index contributed by atoms with van der Waals surface area (Å²) in [5.74, 6) is -0.553. The molecule has 7 heteroatoms. The van der Waals surface area contributed by atoms with Crippen LogP contribution in [0.1, 0.15) is 10.4 Å². The molecule has 2 rings (SSSR count). The molecular weight excluding hydrogens is 266 g/mol. The number of nitrogens with two attached hydrogens (primary N) is 2. The van der Waals surface area contributed by atoms with Crippen LogP contribution >= 0.6 is 11.3 Å². The van der Waals surface area contributed by atoms with Crippen LogP contribution in [-0.2, 0) is 0 Å². The Bertz CT molecular complexity index is 651. The van der Waals surface area contributed by atoms with Gasteiger partial charge in [0.15, 0.2) is 0 Å². The summed E-state index contributed by atoms with van der Waals surface area (Å²) in [6.07, 6.45) is 0. The Labute approximate surface area is 112 Å². The summed E-state index contributed by atoms with van der Waals surface area (Å²) in [4.78, 5) is 22.9. The van der Waals surface area contributed by atoms with Crippen molar-refractivity contribution in [2.24, 2.45) is 11.5 Å². The first-order chi connectivity index (χ1) is 8.97. The average Bonchev–Trinajstić information content (AvgIpc) is 2.72. The first-order valence-corrected chi connectivity index (χ1v) is 6.08. The quantitative estimate of drug-likeness (QED) is 0.683. The Morgan fingerprint density at radius 3 is 2.53 bits per heavy atom. The van der Waals surface area contributed by atoms with Crippen LogP contribution < -0.4 is 16.8 Å². The van der Waals surface area contributed by atoms with Crippen LogP contribution in [0.3, 0.4) is 0 Å². The van der Waals surface area contributed by atoms with Gasteiger partial charge >= 0.3 is 6.03 Å². The molecule has 98 valence electrons. The van der Waals surface area contributed by atoms with E-state index in [0.29, 0.717) is 15.4 Å². The van der Waals surface area contributed by atoms with Gasteiger partial charge in [-0.2, -0.15) is 0 Å². The SMILES string of the molecule is NC(=O)Nc1sc(-c2cccc(O)c2)cc1C(N)=O. The maximum Gasteiger partial charge on any atom is 0.317 e. The second-order valence-corrected chi connectivity index (χ2v) is 4.81. The zero-order valence-corrected chi connectivity index (χ0v) is 10.5. The van der Waals surface area contributed by atoms with Crippen LogP contribution in [-0.4, -0.2) is 17.0 Å². The lowest BCUT2D eigenvalue weighted by Crippen LogP contribution is -2.21. The molecular formula is C12H11N3O3S. The molecule has 0 aliphatic heterocycles. The third-order valence-corrected chi connectivity index (χ3v) is 3.46. The zero-order valence-electron chi connectivity index (χ0n) is 9.71. The first kappa shape index (κ1) is 12.9. The predicted molar refractivity (Wildman–Crippen MR) is 73.1 cm³/mol. The van der Waals surface area contributed by atoms with Crippen molar-refractivity contribution < 1.29 is 14.7 Å². The summed E-state index contributed by atoms with van der Waals surface area (Å²) < 4.78 is 0. The van der Waals surface area contributed by atoms with Crippen molar-refractivity contribution in [3.05, 3.63) is 35.9 Å². The Balaban J connectivity index is 2.48. The fourth-order valence-electron chi connectivity index (χ4n) is 1.58. The zero-order chi connectivity index (χ0) is 14.0. The number of carbonyl (C=O) groups is 2. The maximum atomic E-state index is 11.3. The first-order valence-electron chi connectivity index (χ1n) is 5.27. The lowest BCUT2D eigenvalue weighted by atomic mass is 10.1. The van der Waals surface area contributed by atoms with E-state index in [-0.39, 0.29) is 11.3 Å². The van der Waals surface area contributed by atoms with Crippen LogP contribution in [0.25, 0.3) is 10.4 Å². The second kappa shape index (κ2) is 4.99. The van der Waals surface area contributed by atoms with Crippen LogP contribution in [0.2, 0.25) is 0 Å². The van der Waals surface area contributed by atoms with Gasteiger partial charge in [0.25, 0.3) is 5.91 Å². The number of carbonyl (C=O) groups excluding carboxylic acids is 2. The second-order valence-electron chi connectivity index (χ2n) is 3.76. The lowest BCUT2D eigenvalue weighted by molar-refractivity contribution is 0.100. The molecule has 1 aromatic heterocycles. The summed E-state index contributed by atoms with van der Waals surface area (Å²) in [5.41, 5.74) is 11.2. The van der Waals surface area contributed by atoms with Crippen molar-refractivity contribution in [1.82, 2.24) is 0 Å². The van der Waals surface area contributed by atoms with Crippen molar-refractivity contribution in [3.63, 3.8) is 0 Å². The fourth-order valence-corrected chi connectivity index (χ4v) is 2.64. The van der Waals surface area contributed by atoms with Gasteiger partial charge in [0, 0.05) is 4.88 Å². The Hall–Kier alpha value is -2.54. The van der Waals surface area contributed by atoms with Crippen LogP contribution in [0.5, 0.6) is 5.75 Å². The molecule has 0 aliphatic carbocycles. The number of phenols is 1. The number of hydrogen-bond acceptors (Lipinski definition) is 4. The minimum Gasteiger partial charge on any atom is -0.508 e. The molecule has 2 aromatic rings. The number of benzene rings is 1. The van der Waals surface area contributed by atoms with E-state index in [1.54, 1.807) is 24.3 Å². The van der Waals surface area contributed by atoms with E-state index in [0.717, 1.165) is 11.3 Å². The highest BCUT2D eigenvalue weighted by Gasteiger charge is 2.16. The van der Waals surface area contributed by atoms with Gasteiger partial charge in [-0.1, -0.05) is 12.1 Å². The molecule has 0 aliphatic rings. The number of hydrogen-bond donors (Lipinski definition) is 4. The van der Waals surface area contributed by atoms with Gasteiger partial charge in [-0.3, -0.25) is 10.1 Å². The van der Waals surface area contributed by atoms with Crippen molar-refractivity contribution in [1.29, 1.82) is 0 Å². The Morgan fingerprint density at radius 2 is 1.95 bits per heavy atom. The summed E-state index contributed by atoms with van der Waals surface area (Å²) in [5, 5.41) is 12.1. The van der Waals surface area contributed by atoms with E-state index in [4.69, 9.17) is 11.5 Å². The molecule has 3 amide bonds. The van der Waals surface area contributed by atoms with Gasteiger partial charge in [0.2, 0.25) is 0 Å². The van der Waals surface area contributed by atoms with Crippen molar-refractivity contribution >= 4 is 28.3 Å².